The van der Waals surface area contributed by atoms with Crippen molar-refractivity contribution >= 4 is 29.1 Å². The van der Waals surface area contributed by atoms with Gasteiger partial charge in [-0.05, 0) is 31.2 Å². The summed E-state index contributed by atoms with van der Waals surface area (Å²) in [5, 5.41) is 2.81. The molecule has 172 valence electrons. The number of fused-ring (bicyclic) bond motifs is 2. The van der Waals surface area contributed by atoms with Crippen LogP contribution >= 0.6 is 0 Å². The Hall–Kier alpha value is -3.59. The van der Waals surface area contributed by atoms with Crippen LogP contribution in [0.25, 0.3) is 0 Å². The van der Waals surface area contributed by atoms with Crippen LogP contribution in [-0.4, -0.2) is 79.0 Å². The summed E-state index contributed by atoms with van der Waals surface area (Å²) >= 11 is 0. The van der Waals surface area contributed by atoms with E-state index in [2.05, 4.69) is 10.2 Å². The zero-order valence-electron chi connectivity index (χ0n) is 18.4. The number of carbonyl (C=O) groups is 3. The minimum absolute atomic E-state index is 0.000863. The normalized spacial score (nSPS) is 21.1. The van der Waals surface area contributed by atoms with Crippen molar-refractivity contribution in [2.45, 2.75) is 19.1 Å². The molecular weight excluding hydrogens is 424 g/mol. The lowest BCUT2D eigenvalue weighted by Gasteiger charge is -2.40. The monoisotopic (exact) mass is 450 g/mol. The van der Waals surface area contributed by atoms with E-state index in [0.29, 0.717) is 49.1 Å². The van der Waals surface area contributed by atoms with Crippen molar-refractivity contribution in [1.29, 1.82) is 0 Å². The molecule has 1 fully saturated rings. The lowest BCUT2D eigenvalue weighted by atomic mass is 10.1. The van der Waals surface area contributed by atoms with E-state index in [1.165, 1.54) is 0 Å². The van der Waals surface area contributed by atoms with Gasteiger partial charge >= 0.3 is 0 Å². The zero-order valence-corrected chi connectivity index (χ0v) is 18.4. The van der Waals surface area contributed by atoms with Crippen LogP contribution in [0.2, 0.25) is 0 Å². The van der Waals surface area contributed by atoms with E-state index in [0.717, 1.165) is 0 Å². The lowest BCUT2D eigenvalue weighted by molar-refractivity contribution is -0.143. The van der Waals surface area contributed by atoms with Crippen LogP contribution < -0.4 is 19.7 Å². The maximum absolute atomic E-state index is 13.3. The molecule has 0 aliphatic carbocycles. The average Bonchev–Trinajstić information content (AvgIpc) is 2.86. The number of rotatable bonds is 3. The van der Waals surface area contributed by atoms with Crippen molar-refractivity contribution in [3.8, 4) is 11.5 Å². The molecule has 33 heavy (non-hydrogen) atoms. The number of anilines is 2. The Labute approximate surface area is 191 Å². The Morgan fingerprint density at radius 1 is 1.00 bits per heavy atom. The van der Waals surface area contributed by atoms with Crippen LogP contribution in [0.1, 0.15) is 6.92 Å². The van der Waals surface area contributed by atoms with E-state index in [1.807, 2.05) is 43.3 Å². The molecule has 3 amide bonds. The molecule has 5 rings (SSSR count). The van der Waals surface area contributed by atoms with Gasteiger partial charge in [0.1, 0.15) is 13.2 Å². The molecule has 3 aliphatic heterocycles. The third-order valence-electron chi connectivity index (χ3n) is 6.35. The first kappa shape index (κ1) is 21.3. The molecule has 3 aliphatic rings. The standard InChI is InChI=1S/C24H26N4O5/c1-16(23(30)28-14-22(29)25-17-6-2-3-7-18(17)28)26-10-12-27(13-11-26)24(31)21-15-32-19-8-4-5-9-20(19)33-21/h2-9,16,21H,10-15H2,1H3,(H,25,29)/t16-,21-/m0/s1. The minimum atomic E-state index is -0.672. The van der Waals surface area contributed by atoms with Gasteiger partial charge in [0.25, 0.3) is 5.91 Å². The highest BCUT2D eigenvalue weighted by Gasteiger charge is 2.36. The third kappa shape index (κ3) is 4.11. The van der Waals surface area contributed by atoms with Gasteiger partial charge in [-0.3, -0.25) is 24.2 Å². The Balaban J connectivity index is 1.19. The maximum atomic E-state index is 13.3. The molecule has 9 heteroatoms. The molecule has 2 aromatic carbocycles. The predicted molar refractivity (Wildman–Crippen MR) is 121 cm³/mol. The molecular formula is C24H26N4O5. The Morgan fingerprint density at radius 2 is 1.70 bits per heavy atom. The van der Waals surface area contributed by atoms with Crippen molar-refractivity contribution in [2.24, 2.45) is 0 Å². The number of piperazine rings is 1. The fourth-order valence-electron chi connectivity index (χ4n) is 4.49. The van der Waals surface area contributed by atoms with E-state index in [9.17, 15) is 14.4 Å². The second-order valence-corrected chi connectivity index (χ2v) is 8.39. The smallest absolute Gasteiger partial charge is 0.267 e. The first-order valence-corrected chi connectivity index (χ1v) is 11.1. The summed E-state index contributed by atoms with van der Waals surface area (Å²) in [6.07, 6.45) is -0.672. The molecule has 9 nitrogen and oxygen atoms in total. The summed E-state index contributed by atoms with van der Waals surface area (Å²) in [5.74, 6) is 0.779. The number of ether oxygens (including phenoxy) is 2. The minimum Gasteiger partial charge on any atom is -0.485 e. The van der Waals surface area contributed by atoms with Crippen LogP contribution in [0.4, 0.5) is 11.4 Å². The lowest BCUT2D eigenvalue weighted by Crippen LogP contribution is -2.58. The molecule has 2 aromatic rings. The van der Waals surface area contributed by atoms with Gasteiger partial charge in [-0.15, -0.1) is 0 Å². The molecule has 0 spiro atoms. The number of para-hydroxylation sites is 4. The highest BCUT2D eigenvalue weighted by molar-refractivity contribution is 6.11. The third-order valence-corrected chi connectivity index (χ3v) is 6.35. The molecule has 0 unspecified atom stereocenters. The Morgan fingerprint density at radius 3 is 2.48 bits per heavy atom. The number of hydrogen-bond donors (Lipinski definition) is 1. The first-order valence-electron chi connectivity index (χ1n) is 11.1. The molecule has 0 bridgehead atoms. The molecule has 0 radical (unpaired) electrons. The second kappa shape index (κ2) is 8.74. The number of hydrogen-bond acceptors (Lipinski definition) is 6. The van der Waals surface area contributed by atoms with Crippen molar-refractivity contribution in [2.75, 3.05) is 49.5 Å². The van der Waals surface area contributed by atoms with Gasteiger partial charge in [-0.1, -0.05) is 24.3 Å². The molecule has 0 saturated carbocycles. The van der Waals surface area contributed by atoms with Crippen LogP contribution in [0.15, 0.2) is 48.5 Å². The molecule has 0 aromatic heterocycles. The largest absolute Gasteiger partial charge is 0.485 e. The van der Waals surface area contributed by atoms with Crippen LogP contribution in [0.5, 0.6) is 11.5 Å². The van der Waals surface area contributed by atoms with Gasteiger partial charge in [-0.2, -0.15) is 0 Å². The van der Waals surface area contributed by atoms with E-state index >= 15 is 0 Å². The maximum Gasteiger partial charge on any atom is 0.267 e. The summed E-state index contributed by atoms with van der Waals surface area (Å²) in [4.78, 5) is 43.7. The summed E-state index contributed by atoms with van der Waals surface area (Å²) in [7, 11) is 0. The SMILES string of the molecule is C[C@@H](C(=O)N1CC(=O)Nc2ccccc21)N1CCN(C(=O)[C@@H]2COc3ccccc3O2)CC1. The summed E-state index contributed by atoms with van der Waals surface area (Å²) in [6, 6.07) is 14.2. The van der Waals surface area contributed by atoms with Crippen LogP contribution in [0.3, 0.4) is 0 Å². The highest BCUT2D eigenvalue weighted by atomic mass is 16.6. The summed E-state index contributed by atoms with van der Waals surface area (Å²) in [5.41, 5.74) is 1.35. The Bertz CT molecular complexity index is 1080. The molecule has 1 N–H and O–H groups in total. The average molecular weight is 450 g/mol. The number of amides is 3. The van der Waals surface area contributed by atoms with E-state index < -0.39 is 12.1 Å². The fraction of sp³-hybridized carbons (Fsp3) is 0.375. The highest BCUT2D eigenvalue weighted by Crippen LogP contribution is 2.32. The summed E-state index contributed by atoms with van der Waals surface area (Å²) < 4.78 is 11.5. The molecule has 3 heterocycles. The van der Waals surface area contributed by atoms with Crippen molar-refractivity contribution < 1.29 is 23.9 Å². The van der Waals surface area contributed by atoms with E-state index in [1.54, 1.807) is 21.9 Å². The Kier molecular flexibility index (Phi) is 5.63. The van der Waals surface area contributed by atoms with Crippen LogP contribution in [-0.2, 0) is 14.4 Å². The quantitative estimate of drug-likeness (QED) is 0.759. The van der Waals surface area contributed by atoms with Gasteiger partial charge in [0, 0.05) is 26.2 Å². The fourth-order valence-corrected chi connectivity index (χ4v) is 4.49. The van der Waals surface area contributed by atoms with Crippen molar-refractivity contribution in [1.82, 2.24) is 9.80 Å². The topological polar surface area (TPSA) is 91.4 Å². The number of nitrogens with zero attached hydrogens (tertiary/aromatic N) is 3. The van der Waals surface area contributed by atoms with Crippen molar-refractivity contribution in [3.05, 3.63) is 48.5 Å². The summed E-state index contributed by atoms with van der Waals surface area (Å²) in [6.45, 7) is 4.14. The van der Waals surface area contributed by atoms with Crippen LogP contribution in [0, 0.1) is 0 Å². The number of benzene rings is 2. The van der Waals surface area contributed by atoms with E-state index in [-0.39, 0.29) is 30.9 Å². The van der Waals surface area contributed by atoms with Gasteiger partial charge in [0.15, 0.2) is 11.5 Å². The number of nitrogens with one attached hydrogen (secondary N) is 1. The molecule has 2 atom stereocenters. The number of carbonyl (C=O) groups excluding carboxylic acids is 3. The van der Waals surface area contributed by atoms with Gasteiger partial charge in [0.05, 0.1) is 17.4 Å². The zero-order chi connectivity index (χ0) is 22.9. The van der Waals surface area contributed by atoms with Gasteiger partial charge in [0.2, 0.25) is 17.9 Å². The predicted octanol–water partition coefficient (Wildman–Crippen LogP) is 1.34. The molecule has 1 saturated heterocycles. The van der Waals surface area contributed by atoms with Crippen molar-refractivity contribution in [3.63, 3.8) is 0 Å². The van der Waals surface area contributed by atoms with E-state index in [4.69, 9.17) is 9.47 Å². The first-order chi connectivity index (χ1) is 16.0. The van der Waals surface area contributed by atoms with Gasteiger partial charge in [-0.25, -0.2) is 0 Å². The second-order valence-electron chi connectivity index (χ2n) is 8.39. The van der Waals surface area contributed by atoms with Gasteiger partial charge < -0.3 is 19.7 Å².